The van der Waals surface area contributed by atoms with Crippen molar-refractivity contribution < 1.29 is 8.42 Å². The Morgan fingerprint density at radius 3 is 2.69 bits per heavy atom. The first-order chi connectivity index (χ1) is 13.3. The Labute approximate surface area is 189 Å². The summed E-state index contributed by atoms with van der Waals surface area (Å²) in [7, 11) is -3.79. The fraction of sp³-hybridized carbons (Fsp3) is 0.389. The summed E-state index contributed by atoms with van der Waals surface area (Å²) in [6.07, 6.45) is 4.60. The molecule has 0 radical (unpaired) electrons. The molecule has 2 aromatic heterocycles. The smallest absolute Gasteiger partial charge is 0.260 e. The number of nitrogens with one attached hydrogen (secondary N) is 1. The van der Waals surface area contributed by atoms with E-state index >= 15 is 0 Å². The topological polar surface area (TPSA) is 89.5 Å². The normalized spacial score (nSPS) is 22.5. The standard InChI is InChI=1S/C18H20Cl2N4O2S2.ClH/c19-13-3-1-2-12(10-13)18(11-21)6-4-14(5-7-18)23-28(25,26)16-15(20)22-17-24(16)8-9-27-17;/h1-3,8-10,14,23H,4-7,11,21H2;1H/t14-,18-;. The van der Waals surface area contributed by atoms with Crippen molar-refractivity contribution in [2.45, 2.75) is 42.2 Å². The minimum atomic E-state index is -3.79. The zero-order chi connectivity index (χ0) is 19.9. The second kappa shape index (κ2) is 8.70. The Bertz CT molecular complexity index is 1110. The minimum absolute atomic E-state index is 0. The van der Waals surface area contributed by atoms with Gasteiger partial charge in [-0.3, -0.25) is 4.40 Å². The molecule has 1 aromatic carbocycles. The van der Waals surface area contributed by atoms with Crippen LogP contribution in [0.25, 0.3) is 4.96 Å². The highest BCUT2D eigenvalue weighted by atomic mass is 35.5. The van der Waals surface area contributed by atoms with Gasteiger partial charge in [-0.2, -0.15) is 0 Å². The largest absolute Gasteiger partial charge is 0.330 e. The average Bonchev–Trinajstić information content (AvgIpc) is 3.22. The van der Waals surface area contributed by atoms with E-state index in [0.29, 0.717) is 29.4 Å². The van der Waals surface area contributed by atoms with Gasteiger partial charge in [0.15, 0.2) is 15.1 Å². The quantitative estimate of drug-likeness (QED) is 0.554. The molecule has 4 rings (SSSR count). The number of hydrogen-bond acceptors (Lipinski definition) is 5. The van der Waals surface area contributed by atoms with Crippen LogP contribution in [0.15, 0.2) is 40.9 Å². The molecule has 3 N–H and O–H groups in total. The number of nitrogens with zero attached hydrogens (tertiary/aromatic N) is 2. The maximum atomic E-state index is 12.9. The fourth-order valence-corrected chi connectivity index (χ4v) is 6.92. The van der Waals surface area contributed by atoms with E-state index in [1.807, 2.05) is 24.3 Å². The molecule has 0 aliphatic heterocycles. The van der Waals surface area contributed by atoms with Crippen LogP contribution in [0, 0.1) is 0 Å². The van der Waals surface area contributed by atoms with E-state index in [-0.39, 0.29) is 34.0 Å². The number of hydrogen-bond donors (Lipinski definition) is 2. The van der Waals surface area contributed by atoms with Gasteiger partial charge in [0.25, 0.3) is 10.0 Å². The van der Waals surface area contributed by atoms with E-state index in [0.717, 1.165) is 18.4 Å². The Hall–Kier alpha value is -0.870. The van der Waals surface area contributed by atoms with Crippen molar-refractivity contribution in [2.75, 3.05) is 6.54 Å². The lowest BCUT2D eigenvalue weighted by atomic mass is 9.68. The van der Waals surface area contributed by atoms with Crippen molar-refractivity contribution in [3.05, 3.63) is 51.6 Å². The number of nitrogens with two attached hydrogens (primary N) is 1. The summed E-state index contributed by atoms with van der Waals surface area (Å²) >= 11 is 13.6. The van der Waals surface area contributed by atoms with Crippen LogP contribution in [0.3, 0.4) is 0 Å². The van der Waals surface area contributed by atoms with E-state index in [4.69, 9.17) is 28.9 Å². The van der Waals surface area contributed by atoms with Crippen LogP contribution in [-0.2, 0) is 15.4 Å². The summed E-state index contributed by atoms with van der Waals surface area (Å²) in [6, 6.07) is 7.60. The van der Waals surface area contributed by atoms with Crippen LogP contribution in [0.5, 0.6) is 0 Å². The van der Waals surface area contributed by atoms with E-state index in [2.05, 4.69) is 9.71 Å². The Morgan fingerprint density at radius 1 is 1.31 bits per heavy atom. The van der Waals surface area contributed by atoms with Crippen LogP contribution in [-0.4, -0.2) is 30.4 Å². The van der Waals surface area contributed by atoms with Gasteiger partial charge in [-0.15, -0.1) is 23.7 Å². The number of imidazole rings is 1. The first-order valence-corrected chi connectivity index (χ1v) is 12.1. The number of halogens is 3. The van der Waals surface area contributed by atoms with Crippen LogP contribution in [0.1, 0.15) is 31.2 Å². The van der Waals surface area contributed by atoms with Gasteiger partial charge in [0, 0.05) is 34.6 Å². The first-order valence-electron chi connectivity index (χ1n) is 8.94. The third-order valence-electron chi connectivity index (χ3n) is 5.53. The van der Waals surface area contributed by atoms with E-state index in [1.54, 1.807) is 11.6 Å². The highest BCUT2D eigenvalue weighted by Gasteiger charge is 2.38. The third kappa shape index (κ3) is 4.30. The molecule has 158 valence electrons. The molecule has 1 fully saturated rings. The number of sulfonamides is 1. The van der Waals surface area contributed by atoms with Gasteiger partial charge in [-0.1, -0.05) is 35.3 Å². The molecular weight excluding hydrogens is 475 g/mol. The van der Waals surface area contributed by atoms with E-state index < -0.39 is 10.0 Å². The minimum Gasteiger partial charge on any atom is -0.330 e. The molecule has 6 nitrogen and oxygen atoms in total. The predicted octanol–water partition coefficient (Wildman–Crippen LogP) is 4.24. The fourth-order valence-electron chi connectivity index (χ4n) is 3.97. The van der Waals surface area contributed by atoms with Crippen LogP contribution in [0.2, 0.25) is 10.2 Å². The Balaban J connectivity index is 0.00000240. The summed E-state index contributed by atoms with van der Waals surface area (Å²) in [5.74, 6) is 0. The first kappa shape index (κ1) is 22.8. The maximum absolute atomic E-state index is 12.9. The molecular formula is C18H21Cl3N4O2S2. The van der Waals surface area contributed by atoms with Gasteiger partial charge in [0.1, 0.15) is 0 Å². The number of benzene rings is 1. The lowest BCUT2D eigenvalue weighted by Crippen LogP contribution is -2.45. The molecule has 1 aliphatic rings. The van der Waals surface area contributed by atoms with Crippen molar-refractivity contribution in [1.29, 1.82) is 0 Å². The summed E-state index contributed by atoms with van der Waals surface area (Å²) < 4.78 is 30.2. The molecule has 2 heterocycles. The highest BCUT2D eigenvalue weighted by Crippen LogP contribution is 2.40. The Kier molecular flexibility index (Phi) is 6.85. The molecule has 1 aliphatic carbocycles. The highest BCUT2D eigenvalue weighted by molar-refractivity contribution is 7.89. The predicted molar refractivity (Wildman–Crippen MR) is 120 cm³/mol. The number of aromatic nitrogens is 2. The SMILES string of the molecule is Cl.NC[C@]1(c2cccc(Cl)c2)CC[C@H](NS(=O)(=O)c2c(Cl)nc3sccn23)CC1. The zero-order valence-electron chi connectivity index (χ0n) is 15.3. The number of thiazole rings is 1. The number of rotatable bonds is 5. The maximum Gasteiger partial charge on any atom is 0.260 e. The summed E-state index contributed by atoms with van der Waals surface area (Å²) in [4.78, 5) is 4.67. The lowest BCUT2D eigenvalue weighted by molar-refractivity contribution is 0.267. The van der Waals surface area contributed by atoms with Gasteiger partial charge in [0.05, 0.1) is 0 Å². The van der Waals surface area contributed by atoms with Crippen molar-refractivity contribution >= 4 is 61.9 Å². The molecule has 0 saturated heterocycles. The second-order valence-corrected chi connectivity index (χ2v) is 10.5. The van der Waals surface area contributed by atoms with Gasteiger partial charge in [-0.25, -0.2) is 18.1 Å². The zero-order valence-corrected chi connectivity index (χ0v) is 19.3. The molecule has 0 spiro atoms. The monoisotopic (exact) mass is 494 g/mol. The Morgan fingerprint density at radius 2 is 2.03 bits per heavy atom. The molecule has 0 amide bonds. The summed E-state index contributed by atoms with van der Waals surface area (Å²) in [5, 5.41) is 2.45. The molecule has 0 unspecified atom stereocenters. The van der Waals surface area contributed by atoms with Crippen molar-refractivity contribution in [1.82, 2.24) is 14.1 Å². The van der Waals surface area contributed by atoms with Crippen LogP contribution in [0.4, 0.5) is 0 Å². The molecule has 0 bridgehead atoms. The van der Waals surface area contributed by atoms with Gasteiger partial charge in [0.2, 0.25) is 0 Å². The van der Waals surface area contributed by atoms with Crippen molar-refractivity contribution in [3.63, 3.8) is 0 Å². The number of fused-ring (bicyclic) bond motifs is 1. The molecule has 0 atom stereocenters. The molecule has 3 aromatic rings. The third-order valence-corrected chi connectivity index (χ3v) is 8.44. The summed E-state index contributed by atoms with van der Waals surface area (Å²) in [6.45, 7) is 0.497. The lowest BCUT2D eigenvalue weighted by Gasteiger charge is -2.40. The average molecular weight is 496 g/mol. The van der Waals surface area contributed by atoms with Gasteiger partial charge >= 0.3 is 0 Å². The second-order valence-electron chi connectivity index (χ2n) is 7.15. The van der Waals surface area contributed by atoms with E-state index in [9.17, 15) is 8.42 Å². The van der Waals surface area contributed by atoms with Crippen molar-refractivity contribution in [2.24, 2.45) is 5.73 Å². The van der Waals surface area contributed by atoms with E-state index in [1.165, 1.54) is 15.7 Å². The van der Waals surface area contributed by atoms with Gasteiger partial charge < -0.3 is 5.73 Å². The van der Waals surface area contributed by atoms with Gasteiger partial charge in [-0.05, 0) is 43.4 Å². The molecule has 11 heteroatoms. The van der Waals surface area contributed by atoms with Crippen LogP contribution < -0.4 is 10.5 Å². The molecule has 1 saturated carbocycles. The van der Waals surface area contributed by atoms with Crippen LogP contribution >= 0.6 is 46.9 Å². The molecule has 29 heavy (non-hydrogen) atoms. The summed E-state index contributed by atoms with van der Waals surface area (Å²) in [5.41, 5.74) is 7.07. The van der Waals surface area contributed by atoms with Crippen molar-refractivity contribution in [3.8, 4) is 0 Å².